The molecule has 1 saturated heterocycles. The predicted molar refractivity (Wildman–Crippen MR) is 119 cm³/mol. The zero-order valence-corrected chi connectivity index (χ0v) is 19.9. The largest absolute Gasteiger partial charge is 0.481 e. The van der Waals surface area contributed by atoms with Gasteiger partial charge in [0.15, 0.2) is 0 Å². The molecule has 13 nitrogen and oxygen atoms in total. The second-order valence-corrected chi connectivity index (χ2v) is 8.77. The monoisotopic (exact) mass is 485 g/mol. The molecule has 1 aliphatic rings. The van der Waals surface area contributed by atoms with Crippen LogP contribution in [0.5, 0.6) is 0 Å². The van der Waals surface area contributed by atoms with Gasteiger partial charge in [0, 0.05) is 13.0 Å². The minimum Gasteiger partial charge on any atom is -0.481 e. The lowest BCUT2D eigenvalue weighted by Gasteiger charge is -2.28. The molecule has 192 valence electrons. The van der Waals surface area contributed by atoms with E-state index in [2.05, 4.69) is 16.0 Å². The van der Waals surface area contributed by atoms with Crippen LogP contribution in [0.25, 0.3) is 0 Å². The molecule has 0 spiro atoms. The summed E-state index contributed by atoms with van der Waals surface area (Å²) in [5, 5.41) is 25.4. The van der Waals surface area contributed by atoms with Crippen molar-refractivity contribution in [1.29, 1.82) is 0 Å². The van der Waals surface area contributed by atoms with E-state index >= 15 is 0 Å². The van der Waals surface area contributed by atoms with Gasteiger partial charge in [-0.15, -0.1) is 0 Å². The zero-order chi connectivity index (χ0) is 26.2. The van der Waals surface area contributed by atoms with Crippen molar-refractivity contribution < 1.29 is 39.0 Å². The Hall–Kier alpha value is -3.22. The molecule has 1 heterocycles. The van der Waals surface area contributed by atoms with Gasteiger partial charge in [-0.25, -0.2) is 4.79 Å². The van der Waals surface area contributed by atoms with Crippen LogP contribution in [0.3, 0.4) is 0 Å². The Balaban J connectivity index is 2.89. The van der Waals surface area contributed by atoms with E-state index in [0.717, 1.165) is 0 Å². The summed E-state index contributed by atoms with van der Waals surface area (Å²) in [5.74, 6) is -5.41. The summed E-state index contributed by atoms with van der Waals surface area (Å²) in [7, 11) is 0. The number of likely N-dealkylation sites (tertiary alicyclic amines) is 1. The minimum atomic E-state index is -1.29. The zero-order valence-electron chi connectivity index (χ0n) is 19.9. The first-order valence-electron chi connectivity index (χ1n) is 11.2. The summed E-state index contributed by atoms with van der Waals surface area (Å²) in [6.45, 7) is 6.40. The molecule has 0 aliphatic carbocycles. The first-order chi connectivity index (χ1) is 15.8. The van der Waals surface area contributed by atoms with Gasteiger partial charge in [0.2, 0.25) is 23.6 Å². The van der Waals surface area contributed by atoms with Crippen molar-refractivity contribution in [2.24, 2.45) is 11.7 Å². The van der Waals surface area contributed by atoms with E-state index in [4.69, 9.17) is 10.8 Å². The summed E-state index contributed by atoms with van der Waals surface area (Å²) >= 11 is 0. The van der Waals surface area contributed by atoms with Gasteiger partial charge in [0.25, 0.3) is 0 Å². The second-order valence-electron chi connectivity index (χ2n) is 8.77. The Labute approximate surface area is 197 Å². The Morgan fingerprint density at radius 2 is 1.59 bits per heavy atom. The number of hydrogen-bond acceptors (Lipinski definition) is 7. The summed E-state index contributed by atoms with van der Waals surface area (Å²) in [6, 6.07) is -5.25. The number of carbonyl (C=O) groups excluding carboxylic acids is 4. The molecule has 1 fully saturated rings. The van der Waals surface area contributed by atoms with Gasteiger partial charge in [-0.05, 0) is 39.0 Å². The van der Waals surface area contributed by atoms with Crippen LogP contribution in [-0.2, 0) is 28.8 Å². The third-order valence-electron chi connectivity index (χ3n) is 5.49. The molecular weight excluding hydrogens is 450 g/mol. The number of carboxylic acid groups (broad SMARTS) is 2. The number of nitrogens with one attached hydrogen (secondary N) is 3. The molecule has 0 radical (unpaired) electrons. The van der Waals surface area contributed by atoms with E-state index in [1.54, 1.807) is 13.8 Å². The van der Waals surface area contributed by atoms with Gasteiger partial charge < -0.3 is 36.8 Å². The fourth-order valence-electron chi connectivity index (χ4n) is 3.54. The van der Waals surface area contributed by atoms with Crippen molar-refractivity contribution >= 4 is 35.6 Å². The molecule has 34 heavy (non-hydrogen) atoms. The van der Waals surface area contributed by atoms with E-state index in [0.29, 0.717) is 19.4 Å². The molecule has 5 atom stereocenters. The Kier molecular flexibility index (Phi) is 10.9. The number of nitrogens with zero attached hydrogens (tertiary/aromatic N) is 1. The predicted octanol–water partition coefficient (Wildman–Crippen LogP) is -1.60. The van der Waals surface area contributed by atoms with Gasteiger partial charge in [-0.3, -0.25) is 24.0 Å². The molecule has 0 aromatic rings. The van der Waals surface area contributed by atoms with Crippen LogP contribution in [0.15, 0.2) is 0 Å². The first-order valence-corrected chi connectivity index (χ1v) is 11.2. The summed E-state index contributed by atoms with van der Waals surface area (Å²) in [5.41, 5.74) is 5.64. The number of rotatable bonds is 12. The fraction of sp³-hybridized carbons (Fsp3) is 0.714. The molecule has 4 amide bonds. The topological polar surface area (TPSA) is 208 Å². The highest BCUT2D eigenvalue weighted by Crippen LogP contribution is 2.18. The van der Waals surface area contributed by atoms with Crippen LogP contribution in [0.1, 0.15) is 53.4 Å². The summed E-state index contributed by atoms with van der Waals surface area (Å²) in [4.78, 5) is 73.9. The fourth-order valence-corrected chi connectivity index (χ4v) is 3.54. The van der Waals surface area contributed by atoms with Crippen molar-refractivity contribution in [3.8, 4) is 0 Å². The maximum Gasteiger partial charge on any atom is 0.326 e. The molecule has 0 aromatic carbocycles. The molecule has 0 bridgehead atoms. The molecule has 0 aromatic heterocycles. The van der Waals surface area contributed by atoms with Crippen LogP contribution in [-0.4, -0.2) is 87.4 Å². The highest BCUT2D eigenvalue weighted by Gasteiger charge is 2.37. The van der Waals surface area contributed by atoms with Gasteiger partial charge in [-0.2, -0.15) is 0 Å². The number of carboxylic acids is 2. The molecule has 1 rings (SSSR count). The number of carbonyl (C=O) groups is 6. The van der Waals surface area contributed by atoms with E-state index in [-0.39, 0.29) is 6.42 Å². The molecule has 13 heteroatoms. The maximum atomic E-state index is 12.8. The maximum absolute atomic E-state index is 12.8. The van der Waals surface area contributed by atoms with Crippen LogP contribution in [0.4, 0.5) is 0 Å². The smallest absolute Gasteiger partial charge is 0.326 e. The van der Waals surface area contributed by atoms with E-state index in [9.17, 15) is 33.9 Å². The van der Waals surface area contributed by atoms with Crippen molar-refractivity contribution in [2.75, 3.05) is 6.54 Å². The average Bonchev–Trinajstić information content (AvgIpc) is 3.22. The number of nitrogens with two attached hydrogens (primary N) is 1. The third-order valence-corrected chi connectivity index (χ3v) is 5.49. The lowest BCUT2D eigenvalue weighted by atomic mass is 10.0. The first kappa shape index (κ1) is 28.8. The number of amides is 4. The SMILES string of the molecule is CC(C)[C@H](NC(=O)[C@H](C)NC(=O)[C@H](CCC(=O)O)NC(=O)[C@@H]1CCCN1C(=O)[C@H](C)N)C(=O)O. The molecule has 0 unspecified atom stereocenters. The minimum absolute atomic E-state index is 0.251. The second kappa shape index (κ2) is 12.9. The van der Waals surface area contributed by atoms with E-state index in [1.165, 1.54) is 18.7 Å². The van der Waals surface area contributed by atoms with Crippen molar-refractivity contribution in [2.45, 2.75) is 83.6 Å². The number of hydrogen-bond donors (Lipinski definition) is 6. The summed E-state index contributed by atoms with van der Waals surface area (Å²) < 4.78 is 0. The Morgan fingerprint density at radius 1 is 0.971 bits per heavy atom. The molecule has 1 aliphatic heterocycles. The van der Waals surface area contributed by atoms with Gasteiger partial charge >= 0.3 is 11.9 Å². The molecule has 7 N–H and O–H groups in total. The number of aliphatic carboxylic acids is 2. The lowest BCUT2D eigenvalue weighted by molar-refractivity contribution is -0.143. The quantitative estimate of drug-likeness (QED) is 0.188. The highest BCUT2D eigenvalue weighted by atomic mass is 16.4. The van der Waals surface area contributed by atoms with Crippen LogP contribution >= 0.6 is 0 Å². The average molecular weight is 486 g/mol. The van der Waals surface area contributed by atoms with Crippen LogP contribution in [0.2, 0.25) is 0 Å². The normalized spacial score (nSPS) is 19.0. The molecule has 0 saturated carbocycles. The Morgan fingerprint density at radius 3 is 2.09 bits per heavy atom. The van der Waals surface area contributed by atoms with Crippen LogP contribution in [0, 0.1) is 5.92 Å². The lowest BCUT2D eigenvalue weighted by Crippen LogP contribution is -2.57. The van der Waals surface area contributed by atoms with E-state index in [1.807, 2.05) is 0 Å². The summed E-state index contributed by atoms with van der Waals surface area (Å²) in [6.07, 6.45) is 0.252. The van der Waals surface area contributed by atoms with Gasteiger partial charge in [0.05, 0.1) is 6.04 Å². The van der Waals surface area contributed by atoms with Crippen molar-refractivity contribution in [3.05, 3.63) is 0 Å². The van der Waals surface area contributed by atoms with Gasteiger partial charge in [-0.1, -0.05) is 13.8 Å². The van der Waals surface area contributed by atoms with Crippen molar-refractivity contribution in [3.63, 3.8) is 0 Å². The van der Waals surface area contributed by atoms with Gasteiger partial charge in [0.1, 0.15) is 24.2 Å². The Bertz CT molecular complexity index is 800. The van der Waals surface area contributed by atoms with Crippen LogP contribution < -0.4 is 21.7 Å². The third kappa shape index (κ3) is 8.28. The molecular formula is C21H35N5O8. The van der Waals surface area contributed by atoms with E-state index < -0.39 is 78.1 Å². The van der Waals surface area contributed by atoms with Crippen molar-refractivity contribution in [1.82, 2.24) is 20.9 Å². The highest BCUT2D eigenvalue weighted by molar-refractivity contribution is 5.95. The standard InChI is InChI=1S/C21H35N5O8/c1-10(2)16(21(33)34)25-17(29)12(4)23-18(30)13(7-8-15(27)28)24-19(31)14-6-5-9-26(14)20(32)11(3)22/h10-14,16H,5-9,22H2,1-4H3,(H,23,30)(H,24,31)(H,25,29)(H,27,28)(H,33,34)/t11-,12-,13-,14-,16-/m0/s1.